The fourth-order valence-electron chi connectivity index (χ4n) is 4.02. The van der Waals surface area contributed by atoms with Gasteiger partial charge in [-0.2, -0.15) is 0 Å². The van der Waals surface area contributed by atoms with E-state index < -0.39 is 40.9 Å². The number of morpholine rings is 1. The summed E-state index contributed by atoms with van der Waals surface area (Å²) in [6, 6.07) is 4.02. The maximum Gasteiger partial charge on any atom is 0.278 e. The van der Waals surface area contributed by atoms with Crippen LogP contribution in [-0.2, 0) is 4.74 Å². The third-order valence-electron chi connectivity index (χ3n) is 5.42. The molecule has 31 heavy (non-hydrogen) atoms. The molecule has 2 atom stereocenters. The van der Waals surface area contributed by atoms with Crippen molar-refractivity contribution in [2.24, 2.45) is 0 Å². The van der Waals surface area contributed by atoms with E-state index in [1.165, 1.54) is 33.2 Å². The summed E-state index contributed by atoms with van der Waals surface area (Å²) >= 11 is 1.30. The topological polar surface area (TPSA) is 87.9 Å². The first-order valence-corrected chi connectivity index (χ1v) is 10.3. The van der Waals surface area contributed by atoms with Gasteiger partial charge >= 0.3 is 0 Å². The summed E-state index contributed by atoms with van der Waals surface area (Å²) in [6.45, 7) is 0.692. The number of aromatic hydroxyl groups is 1. The summed E-state index contributed by atoms with van der Waals surface area (Å²) < 4.78 is 34.8. The molecule has 1 saturated heterocycles. The number of hydrogen-bond donors (Lipinski definition) is 1. The van der Waals surface area contributed by atoms with E-state index >= 15 is 0 Å². The highest BCUT2D eigenvalue weighted by molar-refractivity contribution is 7.09. The number of aromatic nitrogens is 2. The van der Waals surface area contributed by atoms with Gasteiger partial charge in [0.1, 0.15) is 12.2 Å². The quantitative estimate of drug-likeness (QED) is 0.661. The van der Waals surface area contributed by atoms with Gasteiger partial charge in [0.05, 0.1) is 23.6 Å². The zero-order valence-electron chi connectivity index (χ0n) is 15.9. The molecule has 8 nitrogen and oxygen atoms in total. The molecule has 1 amide bonds. The van der Waals surface area contributed by atoms with Gasteiger partial charge in [-0.1, -0.05) is 6.07 Å². The Labute approximate surface area is 178 Å². The highest BCUT2D eigenvalue weighted by atomic mass is 32.1. The van der Waals surface area contributed by atoms with Crippen molar-refractivity contribution in [2.45, 2.75) is 12.2 Å². The van der Waals surface area contributed by atoms with Crippen LogP contribution in [0.2, 0.25) is 0 Å². The maximum atomic E-state index is 14.2. The lowest BCUT2D eigenvalue weighted by Crippen LogP contribution is -2.66. The van der Waals surface area contributed by atoms with Gasteiger partial charge in [0.25, 0.3) is 5.91 Å². The van der Waals surface area contributed by atoms with E-state index in [9.17, 15) is 23.5 Å². The number of nitrogens with zero attached hydrogens (tertiary/aromatic N) is 4. The molecule has 0 bridgehead atoms. The van der Waals surface area contributed by atoms with E-state index in [-0.39, 0.29) is 18.8 Å². The van der Waals surface area contributed by atoms with Crippen LogP contribution in [0.25, 0.3) is 0 Å². The molecule has 0 saturated carbocycles. The molecule has 2 aliphatic rings. The minimum Gasteiger partial charge on any atom is -0.502 e. The molecule has 160 valence electrons. The Morgan fingerprint density at radius 1 is 1.23 bits per heavy atom. The van der Waals surface area contributed by atoms with Gasteiger partial charge in [0.15, 0.2) is 23.1 Å². The van der Waals surface area contributed by atoms with Crippen molar-refractivity contribution < 1.29 is 23.4 Å². The second-order valence-corrected chi connectivity index (χ2v) is 8.05. The SMILES string of the molecule is O=C1c2c(O)c(=O)ccn2N([C@H](c2ccc(F)c(F)c2)c2cncs2)[C@@H]2COCCN12. The second kappa shape index (κ2) is 7.43. The molecule has 5 rings (SSSR count). The predicted molar refractivity (Wildman–Crippen MR) is 107 cm³/mol. The van der Waals surface area contributed by atoms with Crippen molar-refractivity contribution in [1.82, 2.24) is 14.6 Å². The van der Waals surface area contributed by atoms with Crippen molar-refractivity contribution >= 4 is 17.2 Å². The van der Waals surface area contributed by atoms with E-state index in [1.807, 2.05) is 0 Å². The van der Waals surface area contributed by atoms with Gasteiger partial charge in [0.2, 0.25) is 5.43 Å². The van der Waals surface area contributed by atoms with Crippen LogP contribution in [0.15, 0.2) is 47.0 Å². The molecule has 0 spiro atoms. The summed E-state index contributed by atoms with van der Waals surface area (Å²) in [5.74, 6) is -3.17. The first kappa shape index (κ1) is 19.6. The monoisotopic (exact) mass is 446 g/mol. The van der Waals surface area contributed by atoms with Crippen LogP contribution < -0.4 is 10.4 Å². The molecule has 11 heteroatoms. The van der Waals surface area contributed by atoms with Crippen LogP contribution in [0.3, 0.4) is 0 Å². The summed E-state index contributed by atoms with van der Waals surface area (Å²) in [7, 11) is 0. The number of carbonyl (C=O) groups is 1. The smallest absolute Gasteiger partial charge is 0.278 e. The van der Waals surface area contributed by atoms with Crippen LogP contribution in [0.1, 0.15) is 27.0 Å². The summed E-state index contributed by atoms with van der Waals surface area (Å²) in [5, 5.41) is 12.1. The van der Waals surface area contributed by atoms with Crippen LogP contribution in [0.4, 0.5) is 8.78 Å². The van der Waals surface area contributed by atoms with E-state index in [0.717, 1.165) is 18.2 Å². The Kier molecular flexibility index (Phi) is 4.71. The molecular formula is C20H16F2N4O4S. The Bertz CT molecular complexity index is 1220. The normalized spacial score (nSPS) is 19.2. The van der Waals surface area contributed by atoms with E-state index in [0.29, 0.717) is 17.0 Å². The molecule has 1 aromatic carbocycles. The molecule has 2 aliphatic heterocycles. The third-order valence-corrected chi connectivity index (χ3v) is 6.25. The number of hydrogen-bond acceptors (Lipinski definition) is 7. The van der Waals surface area contributed by atoms with E-state index in [2.05, 4.69) is 4.98 Å². The summed E-state index contributed by atoms with van der Waals surface area (Å²) in [4.78, 5) is 31.5. The lowest BCUT2D eigenvalue weighted by molar-refractivity contribution is -0.0196. The number of amides is 1. The Balaban J connectivity index is 1.77. The molecular weight excluding hydrogens is 430 g/mol. The molecule has 2 aromatic heterocycles. The third kappa shape index (κ3) is 3.08. The average molecular weight is 446 g/mol. The number of benzene rings is 1. The molecule has 1 fully saturated rings. The van der Waals surface area contributed by atoms with Crippen LogP contribution in [-0.4, -0.2) is 51.5 Å². The van der Waals surface area contributed by atoms with E-state index in [1.54, 1.807) is 16.7 Å². The lowest BCUT2D eigenvalue weighted by Gasteiger charge is -2.50. The maximum absolute atomic E-state index is 14.2. The van der Waals surface area contributed by atoms with Gasteiger partial charge in [-0.3, -0.25) is 24.3 Å². The number of thiazole rings is 1. The van der Waals surface area contributed by atoms with Crippen molar-refractivity contribution in [3.05, 3.63) is 80.2 Å². The molecule has 0 aliphatic carbocycles. The number of pyridine rings is 1. The minimum atomic E-state index is -1.01. The highest BCUT2D eigenvalue weighted by Crippen LogP contribution is 2.37. The van der Waals surface area contributed by atoms with Crippen LogP contribution in [0.5, 0.6) is 5.75 Å². The zero-order chi connectivity index (χ0) is 21.7. The number of halogens is 2. The number of carbonyl (C=O) groups excluding carboxylic acids is 1. The van der Waals surface area contributed by atoms with Crippen molar-refractivity contribution in [3.8, 4) is 5.75 Å². The second-order valence-electron chi connectivity index (χ2n) is 7.14. The van der Waals surface area contributed by atoms with Crippen molar-refractivity contribution in [3.63, 3.8) is 0 Å². The fraction of sp³-hybridized carbons (Fsp3) is 0.250. The number of rotatable bonds is 3. The average Bonchev–Trinajstić information content (AvgIpc) is 3.30. The Hall–Kier alpha value is -3.31. The largest absolute Gasteiger partial charge is 0.502 e. The van der Waals surface area contributed by atoms with Gasteiger partial charge in [-0.05, 0) is 17.7 Å². The van der Waals surface area contributed by atoms with Gasteiger partial charge < -0.3 is 14.7 Å². The summed E-state index contributed by atoms with van der Waals surface area (Å²) in [6.07, 6.45) is 2.37. The molecule has 0 unspecified atom stereocenters. The van der Waals surface area contributed by atoms with Crippen molar-refractivity contribution in [2.75, 3.05) is 24.8 Å². The highest BCUT2D eigenvalue weighted by Gasteiger charge is 2.45. The number of fused-ring (bicyclic) bond motifs is 2. The number of ether oxygens (including phenoxy) is 1. The Morgan fingerprint density at radius 2 is 2.06 bits per heavy atom. The van der Waals surface area contributed by atoms with Crippen LogP contribution >= 0.6 is 11.3 Å². The van der Waals surface area contributed by atoms with Crippen LogP contribution in [0, 0.1) is 11.6 Å². The zero-order valence-corrected chi connectivity index (χ0v) is 16.8. The van der Waals surface area contributed by atoms with Gasteiger partial charge in [-0.15, -0.1) is 11.3 Å². The van der Waals surface area contributed by atoms with E-state index in [4.69, 9.17) is 4.74 Å². The van der Waals surface area contributed by atoms with Gasteiger partial charge in [0, 0.05) is 25.0 Å². The molecule has 4 heterocycles. The fourth-order valence-corrected chi connectivity index (χ4v) is 4.76. The first-order chi connectivity index (χ1) is 15.0. The molecule has 0 radical (unpaired) electrons. The summed E-state index contributed by atoms with van der Waals surface area (Å²) in [5.41, 5.74) is 1.14. The minimum absolute atomic E-state index is 0.150. The molecule has 3 aromatic rings. The standard InChI is InChI=1S/C20H16F2N4O4S/c21-12-2-1-11(7-13(12)22)17(15-8-23-10-31-15)26-16-9-30-6-5-24(16)20(29)18-19(28)14(27)3-4-25(18)26/h1-4,7-8,10,16-17,28H,5-6,9H2/t16-,17-/m1/s1. The predicted octanol–water partition coefficient (Wildman–Crippen LogP) is 1.83. The molecule has 1 N–H and O–H groups in total. The van der Waals surface area contributed by atoms with Crippen molar-refractivity contribution in [1.29, 1.82) is 0 Å². The van der Waals surface area contributed by atoms with Gasteiger partial charge in [-0.25, -0.2) is 8.78 Å². The lowest BCUT2D eigenvalue weighted by atomic mass is 10.0. The Morgan fingerprint density at radius 3 is 2.81 bits per heavy atom. The first-order valence-electron chi connectivity index (χ1n) is 9.42.